The molecule has 1 aliphatic rings. The minimum Gasteiger partial charge on any atom is -0.303 e. The van der Waals surface area contributed by atoms with Crippen molar-refractivity contribution in [2.45, 2.75) is 32.6 Å². The molecule has 1 fully saturated rings. The van der Waals surface area contributed by atoms with E-state index in [2.05, 4.69) is 49.6 Å². The average molecular weight is 229 g/mol. The number of allylic oxidation sites excluding steroid dienone is 1. The molecule has 0 spiro atoms. The predicted molar refractivity (Wildman–Crippen MR) is 75.2 cm³/mol. The first-order valence-electron chi connectivity index (χ1n) is 6.65. The molecular weight excluding hydrogens is 206 g/mol. The van der Waals surface area contributed by atoms with Gasteiger partial charge >= 0.3 is 0 Å². The molecule has 1 aliphatic heterocycles. The fraction of sp³-hybridized carbons (Fsp3) is 0.500. The van der Waals surface area contributed by atoms with Crippen LogP contribution in [0.25, 0.3) is 5.57 Å². The average Bonchev–Trinajstić information content (AvgIpc) is 2.82. The molecule has 1 nitrogen and oxygen atoms in total. The van der Waals surface area contributed by atoms with E-state index in [1.54, 1.807) is 0 Å². The molecule has 1 saturated heterocycles. The highest BCUT2D eigenvalue weighted by atomic mass is 15.1. The molecule has 1 unspecified atom stereocenters. The molecule has 1 aromatic carbocycles. The summed E-state index contributed by atoms with van der Waals surface area (Å²) in [7, 11) is 0. The van der Waals surface area contributed by atoms with Gasteiger partial charge in [-0.25, -0.2) is 0 Å². The fourth-order valence-electron chi connectivity index (χ4n) is 2.55. The van der Waals surface area contributed by atoms with Crippen LogP contribution >= 0.6 is 0 Å². The summed E-state index contributed by atoms with van der Waals surface area (Å²) in [5.41, 5.74) is 3.84. The normalized spacial score (nSPS) is 18.2. The maximum absolute atomic E-state index is 3.97. The standard InChI is InChI=1S/C16H23N/c1-13(2)15-6-8-16(9-7-15)14(3)12-17-10-4-5-11-17/h6-9,14H,1,4-5,10-12H2,2-3H3. The van der Waals surface area contributed by atoms with Gasteiger partial charge in [0.1, 0.15) is 0 Å². The smallest absolute Gasteiger partial charge is 0.00476 e. The second kappa shape index (κ2) is 5.50. The number of nitrogens with zero attached hydrogens (tertiary/aromatic N) is 1. The van der Waals surface area contributed by atoms with Crippen LogP contribution < -0.4 is 0 Å². The van der Waals surface area contributed by atoms with E-state index in [-0.39, 0.29) is 0 Å². The first kappa shape index (κ1) is 12.4. The highest BCUT2D eigenvalue weighted by molar-refractivity contribution is 5.61. The molecule has 0 aliphatic carbocycles. The Morgan fingerprint density at radius 1 is 1.24 bits per heavy atom. The molecule has 0 radical (unpaired) electrons. The maximum Gasteiger partial charge on any atom is 0.00476 e. The van der Waals surface area contributed by atoms with Gasteiger partial charge in [-0.2, -0.15) is 0 Å². The van der Waals surface area contributed by atoms with Crippen LogP contribution in [0.1, 0.15) is 43.7 Å². The zero-order valence-electron chi connectivity index (χ0n) is 11.1. The molecule has 0 bridgehead atoms. The van der Waals surface area contributed by atoms with E-state index in [0.29, 0.717) is 5.92 Å². The lowest BCUT2D eigenvalue weighted by Gasteiger charge is -2.20. The Morgan fingerprint density at radius 3 is 2.35 bits per heavy atom. The van der Waals surface area contributed by atoms with Crippen LogP contribution in [0, 0.1) is 0 Å². The van der Waals surface area contributed by atoms with Crippen molar-refractivity contribution in [3.05, 3.63) is 42.0 Å². The zero-order valence-corrected chi connectivity index (χ0v) is 11.1. The SMILES string of the molecule is C=C(C)c1ccc(C(C)CN2CCCC2)cc1. The topological polar surface area (TPSA) is 3.24 Å². The first-order chi connectivity index (χ1) is 8.16. The van der Waals surface area contributed by atoms with Crippen LogP contribution in [0.4, 0.5) is 0 Å². The van der Waals surface area contributed by atoms with Gasteiger partial charge < -0.3 is 4.90 Å². The molecule has 1 heterocycles. The molecule has 92 valence electrons. The minimum absolute atomic E-state index is 0.632. The highest BCUT2D eigenvalue weighted by Crippen LogP contribution is 2.21. The second-order valence-corrected chi connectivity index (χ2v) is 5.31. The molecule has 1 heteroatoms. The quantitative estimate of drug-likeness (QED) is 0.756. The van der Waals surface area contributed by atoms with Gasteiger partial charge in [0.2, 0.25) is 0 Å². The molecule has 0 saturated carbocycles. The molecule has 1 atom stereocenters. The van der Waals surface area contributed by atoms with Gasteiger partial charge in [0.15, 0.2) is 0 Å². The van der Waals surface area contributed by atoms with Crippen molar-refractivity contribution in [3.63, 3.8) is 0 Å². The Bertz CT molecular complexity index is 371. The van der Waals surface area contributed by atoms with Gasteiger partial charge in [0.25, 0.3) is 0 Å². The summed E-state index contributed by atoms with van der Waals surface area (Å²) in [6, 6.07) is 8.89. The van der Waals surface area contributed by atoms with Crippen molar-refractivity contribution in [1.29, 1.82) is 0 Å². The van der Waals surface area contributed by atoms with Gasteiger partial charge in [-0.3, -0.25) is 0 Å². The Morgan fingerprint density at radius 2 is 1.82 bits per heavy atom. The number of rotatable bonds is 4. The van der Waals surface area contributed by atoms with Gasteiger partial charge in [0, 0.05) is 6.54 Å². The van der Waals surface area contributed by atoms with Crippen LogP contribution in [0.3, 0.4) is 0 Å². The van der Waals surface area contributed by atoms with Crippen molar-refractivity contribution in [1.82, 2.24) is 4.90 Å². The molecule has 17 heavy (non-hydrogen) atoms. The first-order valence-corrected chi connectivity index (χ1v) is 6.65. The third-order valence-corrected chi connectivity index (χ3v) is 3.70. The van der Waals surface area contributed by atoms with Crippen LogP contribution in [0.5, 0.6) is 0 Å². The monoisotopic (exact) mass is 229 g/mol. The van der Waals surface area contributed by atoms with E-state index in [1.807, 2.05) is 0 Å². The Hall–Kier alpha value is -1.08. The van der Waals surface area contributed by atoms with Crippen LogP contribution in [-0.2, 0) is 0 Å². The van der Waals surface area contributed by atoms with Crippen LogP contribution in [0.15, 0.2) is 30.8 Å². The van der Waals surface area contributed by atoms with Gasteiger partial charge in [0.05, 0.1) is 0 Å². The van der Waals surface area contributed by atoms with Crippen LogP contribution in [-0.4, -0.2) is 24.5 Å². The second-order valence-electron chi connectivity index (χ2n) is 5.31. The zero-order chi connectivity index (χ0) is 12.3. The van der Waals surface area contributed by atoms with E-state index in [9.17, 15) is 0 Å². The third kappa shape index (κ3) is 3.19. The highest BCUT2D eigenvalue weighted by Gasteiger charge is 2.15. The summed E-state index contributed by atoms with van der Waals surface area (Å²) >= 11 is 0. The number of benzene rings is 1. The van der Waals surface area contributed by atoms with E-state index < -0.39 is 0 Å². The van der Waals surface area contributed by atoms with Crippen molar-refractivity contribution < 1.29 is 0 Å². The van der Waals surface area contributed by atoms with Crippen LogP contribution in [0.2, 0.25) is 0 Å². The predicted octanol–water partition coefficient (Wildman–Crippen LogP) is 3.92. The molecular formula is C16H23N. The Labute approximate surface area is 105 Å². The number of hydrogen-bond acceptors (Lipinski definition) is 1. The molecule has 2 rings (SSSR count). The largest absolute Gasteiger partial charge is 0.303 e. The number of likely N-dealkylation sites (tertiary alicyclic amines) is 1. The number of hydrogen-bond donors (Lipinski definition) is 0. The van der Waals surface area contributed by atoms with E-state index >= 15 is 0 Å². The van der Waals surface area contributed by atoms with E-state index in [1.165, 1.54) is 43.6 Å². The maximum atomic E-state index is 3.97. The van der Waals surface area contributed by atoms with Gasteiger partial charge in [-0.05, 0) is 49.9 Å². The summed E-state index contributed by atoms with van der Waals surface area (Å²) in [4.78, 5) is 2.58. The Kier molecular flexibility index (Phi) is 4.01. The summed E-state index contributed by atoms with van der Waals surface area (Å²) in [6.45, 7) is 12.1. The summed E-state index contributed by atoms with van der Waals surface area (Å²) in [6.07, 6.45) is 2.75. The van der Waals surface area contributed by atoms with Crippen molar-refractivity contribution in [2.75, 3.05) is 19.6 Å². The van der Waals surface area contributed by atoms with Crippen molar-refractivity contribution >= 4 is 5.57 Å². The van der Waals surface area contributed by atoms with Crippen molar-refractivity contribution in [2.24, 2.45) is 0 Å². The lowest BCUT2D eigenvalue weighted by Crippen LogP contribution is -2.24. The molecule has 0 amide bonds. The van der Waals surface area contributed by atoms with Gasteiger partial charge in [-0.1, -0.05) is 43.3 Å². The molecule has 0 aromatic heterocycles. The van der Waals surface area contributed by atoms with E-state index in [4.69, 9.17) is 0 Å². The minimum atomic E-state index is 0.632. The lowest BCUT2D eigenvalue weighted by atomic mass is 9.98. The third-order valence-electron chi connectivity index (χ3n) is 3.70. The Balaban J connectivity index is 1.98. The van der Waals surface area contributed by atoms with E-state index in [0.717, 1.165) is 5.57 Å². The lowest BCUT2D eigenvalue weighted by molar-refractivity contribution is 0.321. The summed E-state index contributed by atoms with van der Waals surface area (Å²) in [5.74, 6) is 0.632. The van der Waals surface area contributed by atoms with Crippen molar-refractivity contribution in [3.8, 4) is 0 Å². The summed E-state index contributed by atoms with van der Waals surface area (Å²) < 4.78 is 0. The fourth-order valence-corrected chi connectivity index (χ4v) is 2.55. The van der Waals surface area contributed by atoms with Gasteiger partial charge in [-0.15, -0.1) is 0 Å². The molecule has 1 aromatic rings. The summed E-state index contributed by atoms with van der Waals surface area (Å²) in [5, 5.41) is 0. The molecule has 0 N–H and O–H groups in total.